The molecule has 0 fully saturated rings. The lowest BCUT2D eigenvalue weighted by molar-refractivity contribution is 0.154. The van der Waals surface area contributed by atoms with Crippen LogP contribution in [-0.4, -0.2) is 26.0 Å². The van der Waals surface area contributed by atoms with Crippen LogP contribution in [0.4, 0.5) is 8.78 Å². The maximum atomic E-state index is 13.7. The first-order valence-electron chi connectivity index (χ1n) is 7.99. The quantitative estimate of drug-likeness (QED) is 0.530. The van der Waals surface area contributed by atoms with Crippen molar-refractivity contribution in [2.45, 2.75) is 63.9 Å². The molecule has 0 aliphatic carbocycles. The summed E-state index contributed by atoms with van der Waals surface area (Å²) in [5.74, 6) is -0.802. The maximum absolute atomic E-state index is 13.7. The third-order valence-electron chi connectivity index (χ3n) is 3.86. The Hall–Kier alpha value is -1.26. The predicted octanol–water partition coefficient (Wildman–Crippen LogP) is 4.20. The van der Waals surface area contributed by atoms with E-state index in [0.29, 0.717) is 11.1 Å². The van der Waals surface area contributed by atoms with E-state index in [2.05, 4.69) is 4.18 Å². The van der Waals surface area contributed by atoms with Gasteiger partial charge in [0.05, 0.1) is 0 Å². The number of hydrogen-bond donors (Lipinski definition) is 1. The van der Waals surface area contributed by atoms with Gasteiger partial charge in [0, 0.05) is 0 Å². The summed E-state index contributed by atoms with van der Waals surface area (Å²) in [6, 6.07) is 3.30. The average molecular weight is 414 g/mol. The van der Waals surface area contributed by atoms with Crippen LogP contribution in [0.1, 0.15) is 76.0 Å². The molecule has 0 saturated carbocycles. The van der Waals surface area contributed by atoms with Crippen molar-refractivity contribution in [1.29, 1.82) is 0 Å². The fourth-order valence-corrected chi connectivity index (χ4v) is 3.92. The summed E-state index contributed by atoms with van der Waals surface area (Å²) in [6.45, 7) is 10.8. The third-order valence-corrected chi connectivity index (χ3v) is 6.68. The molecule has 0 spiro atoms. The van der Waals surface area contributed by atoms with Gasteiger partial charge in [0.15, 0.2) is 0 Å². The van der Waals surface area contributed by atoms with Crippen molar-refractivity contribution in [1.82, 2.24) is 0 Å². The Morgan fingerprint density at radius 1 is 0.885 bits per heavy atom. The highest BCUT2D eigenvalue weighted by Crippen LogP contribution is 2.40. The molecule has 0 heterocycles. The molecule has 0 amide bonds. The molecule has 0 atom stereocenters. The zero-order valence-corrected chi connectivity index (χ0v) is 17.1. The van der Waals surface area contributed by atoms with Gasteiger partial charge in [0.2, 0.25) is 0 Å². The van der Waals surface area contributed by atoms with Gasteiger partial charge < -0.3 is 4.18 Å². The minimum absolute atomic E-state index is 0.0925. The summed E-state index contributed by atoms with van der Waals surface area (Å²) in [6.07, 6.45) is 0. The number of rotatable bonds is 7. The van der Waals surface area contributed by atoms with E-state index in [1.165, 1.54) is 0 Å². The van der Waals surface area contributed by atoms with Crippen LogP contribution in [0.25, 0.3) is 0 Å². The van der Waals surface area contributed by atoms with E-state index in [9.17, 15) is 25.6 Å². The number of benzene rings is 1. The van der Waals surface area contributed by atoms with E-state index >= 15 is 0 Å². The Kier molecular flexibility index (Phi) is 6.48. The van der Waals surface area contributed by atoms with Crippen molar-refractivity contribution >= 4 is 20.2 Å². The third kappa shape index (κ3) is 4.34. The first kappa shape index (κ1) is 22.8. The van der Waals surface area contributed by atoms with E-state index < -0.39 is 24.8 Å². The molecule has 1 aromatic rings. The van der Waals surface area contributed by atoms with Gasteiger partial charge in [-0.05, 0) is 34.4 Å². The monoisotopic (exact) mass is 414 g/mol. The van der Waals surface area contributed by atoms with E-state index in [0.717, 1.165) is 5.56 Å². The van der Waals surface area contributed by atoms with E-state index in [1.807, 2.05) is 13.8 Å². The molecule has 1 N–H and O–H groups in total. The van der Waals surface area contributed by atoms with Gasteiger partial charge >= 0.3 is 24.8 Å². The Bertz CT molecular complexity index is 843. The largest absolute Gasteiger partial charge is 0.506 e. The van der Waals surface area contributed by atoms with Crippen LogP contribution in [-0.2, 0) is 20.2 Å². The second-order valence-corrected chi connectivity index (χ2v) is 10.3. The molecule has 0 radical (unpaired) electrons. The fraction of sp³-hybridized carbons (Fsp3) is 0.625. The molecule has 0 saturated heterocycles. The molecular formula is C16H24F2O6S2. The van der Waals surface area contributed by atoms with Gasteiger partial charge in [0.25, 0.3) is 0 Å². The topological polar surface area (TPSA) is 97.7 Å². The van der Waals surface area contributed by atoms with Gasteiger partial charge in [-0.25, -0.2) is 0 Å². The summed E-state index contributed by atoms with van der Waals surface area (Å²) in [7, 11) is -12.2. The van der Waals surface area contributed by atoms with Gasteiger partial charge in [-0.2, -0.15) is 25.6 Å². The Labute approximate surface area is 153 Å². The molecular weight excluding hydrogens is 390 g/mol. The van der Waals surface area contributed by atoms with Gasteiger partial charge in [-0.1, -0.05) is 53.7 Å². The lowest BCUT2D eigenvalue weighted by atomic mass is 9.88. The molecule has 0 unspecified atom stereocenters. The zero-order chi connectivity index (χ0) is 20.7. The highest BCUT2D eigenvalue weighted by molar-refractivity contribution is 8.05. The van der Waals surface area contributed by atoms with Crippen LogP contribution < -0.4 is 4.18 Å². The van der Waals surface area contributed by atoms with Crippen molar-refractivity contribution < 1.29 is 34.4 Å². The van der Waals surface area contributed by atoms with Crippen molar-refractivity contribution in [3.63, 3.8) is 0 Å². The van der Waals surface area contributed by atoms with Crippen molar-refractivity contribution in [3.8, 4) is 5.75 Å². The molecule has 0 bridgehead atoms. The van der Waals surface area contributed by atoms with Crippen LogP contribution in [0.15, 0.2) is 12.1 Å². The Morgan fingerprint density at radius 3 is 1.54 bits per heavy atom. The van der Waals surface area contributed by atoms with Gasteiger partial charge in [-0.15, -0.1) is 0 Å². The van der Waals surface area contributed by atoms with Gasteiger partial charge in [-0.3, -0.25) is 4.55 Å². The standard InChI is InChI=1S/C16H24F2O6S2/c1-9(2)12-7-13(10(3)4)15(14(8-12)11(5)6)24-26(22,23)16(17,18)25(19,20)21/h7-11H,1-6H3,(H,19,20,21). The average Bonchev–Trinajstić information content (AvgIpc) is 2.44. The minimum atomic E-state index is -6.21. The lowest BCUT2D eigenvalue weighted by Gasteiger charge is -2.23. The molecule has 10 heteroatoms. The maximum Gasteiger partial charge on any atom is 0.506 e. The van der Waals surface area contributed by atoms with Crippen molar-refractivity contribution in [2.24, 2.45) is 0 Å². The Balaban J connectivity index is 3.72. The van der Waals surface area contributed by atoms with Crippen LogP contribution in [0.5, 0.6) is 5.75 Å². The summed E-state index contributed by atoms with van der Waals surface area (Å²) in [5.41, 5.74) is 1.58. The van der Waals surface area contributed by atoms with Crippen LogP contribution in [0.3, 0.4) is 0 Å². The SMILES string of the molecule is CC(C)c1cc(C(C)C)c(OS(=O)(=O)C(F)(F)S(=O)(=O)O)c(C(C)C)c1. The second-order valence-electron chi connectivity index (χ2n) is 6.97. The summed E-state index contributed by atoms with van der Waals surface area (Å²) in [4.78, 5) is 0. The van der Waals surface area contributed by atoms with Crippen LogP contribution in [0.2, 0.25) is 0 Å². The first-order chi connectivity index (χ1) is 11.5. The fourth-order valence-electron chi connectivity index (χ4n) is 2.27. The number of halogens is 2. The molecule has 1 aromatic carbocycles. The zero-order valence-electron chi connectivity index (χ0n) is 15.4. The number of hydrogen-bond acceptors (Lipinski definition) is 5. The molecule has 0 aliphatic heterocycles. The first-order valence-corrected chi connectivity index (χ1v) is 10.8. The summed E-state index contributed by atoms with van der Waals surface area (Å²) in [5, 5.41) is 0. The minimum Gasteiger partial charge on any atom is -0.377 e. The Morgan fingerprint density at radius 2 is 1.27 bits per heavy atom. The molecule has 26 heavy (non-hydrogen) atoms. The summed E-state index contributed by atoms with van der Waals surface area (Å²) < 4.78 is 80.6. The summed E-state index contributed by atoms with van der Waals surface area (Å²) >= 11 is 0. The highest BCUT2D eigenvalue weighted by atomic mass is 32.3. The highest BCUT2D eigenvalue weighted by Gasteiger charge is 2.60. The van der Waals surface area contributed by atoms with Gasteiger partial charge in [0.1, 0.15) is 5.75 Å². The molecule has 1 rings (SSSR count). The second kappa shape index (κ2) is 7.40. The van der Waals surface area contributed by atoms with Crippen LogP contribution >= 0.6 is 0 Å². The molecule has 0 aliphatic rings. The molecule has 0 aromatic heterocycles. The lowest BCUT2D eigenvalue weighted by Crippen LogP contribution is -2.40. The predicted molar refractivity (Wildman–Crippen MR) is 94.8 cm³/mol. The molecule has 6 nitrogen and oxygen atoms in total. The van der Waals surface area contributed by atoms with E-state index in [-0.39, 0.29) is 23.5 Å². The van der Waals surface area contributed by atoms with Crippen LogP contribution in [0, 0.1) is 0 Å². The van der Waals surface area contributed by atoms with Crippen molar-refractivity contribution in [3.05, 3.63) is 28.8 Å². The smallest absolute Gasteiger partial charge is 0.377 e. The van der Waals surface area contributed by atoms with Crippen molar-refractivity contribution in [2.75, 3.05) is 0 Å². The normalized spacial score (nSPS) is 13.7. The number of alkyl halides is 2. The molecule has 150 valence electrons. The van der Waals surface area contributed by atoms with E-state index in [1.54, 1.807) is 39.8 Å². The van der Waals surface area contributed by atoms with E-state index in [4.69, 9.17) is 4.55 Å².